The number of nitrogens with zero attached hydrogens (tertiary/aromatic N) is 4. The summed E-state index contributed by atoms with van der Waals surface area (Å²) in [5.74, 6) is 0.193. The molecular weight excluding hydrogens is 427 g/mol. The highest BCUT2D eigenvalue weighted by Crippen LogP contribution is 2.40. The Morgan fingerprint density at radius 3 is 2.76 bits per heavy atom. The van der Waals surface area contributed by atoms with Gasteiger partial charge in [-0.15, -0.1) is 0 Å². The number of aromatic nitrogens is 2. The van der Waals surface area contributed by atoms with Gasteiger partial charge in [0.2, 0.25) is 5.88 Å². The lowest BCUT2D eigenvalue weighted by Crippen LogP contribution is -2.69. The molecule has 0 aliphatic carbocycles. The van der Waals surface area contributed by atoms with Gasteiger partial charge in [0.15, 0.2) is 5.82 Å². The Morgan fingerprint density at radius 1 is 1.30 bits per heavy atom. The van der Waals surface area contributed by atoms with Gasteiger partial charge in [0.05, 0.1) is 11.2 Å². The van der Waals surface area contributed by atoms with Crippen LogP contribution in [0.4, 0.5) is 26.4 Å². The number of rotatable bonds is 3. The second-order valence-corrected chi connectivity index (χ2v) is 8.95. The van der Waals surface area contributed by atoms with Crippen LogP contribution in [0.25, 0.3) is 21.9 Å². The SMILES string of the molecule is Cc1c(-c2cc3cc(N(C(=O)O)C4(C)CN(C)C4)ncc3c(N)c2F)cnc2c1NCCO2. The minimum absolute atomic E-state index is 0.0423. The zero-order chi connectivity index (χ0) is 23.5. The zero-order valence-electron chi connectivity index (χ0n) is 18.6. The second kappa shape index (κ2) is 7.45. The topological polar surface area (TPSA) is 117 Å². The zero-order valence-corrected chi connectivity index (χ0v) is 18.6. The van der Waals surface area contributed by atoms with E-state index >= 15 is 4.39 Å². The number of likely N-dealkylation sites (N-methyl/N-ethyl adjacent to an activating group) is 1. The predicted octanol–water partition coefficient (Wildman–Crippen LogP) is 3.32. The van der Waals surface area contributed by atoms with E-state index in [1.807, 2.05) is 25.8 Å². The number of benzene rings is 1. The van der Waals surface area contributed by atoms with Gasteiger partial charge in [-0.25, -0.2) is 19.2 Å². The molecule has 2 aliphatic heterocycles. The normalized spacial score (nSPS) is 17.0. The van der Waals surface area contributed by atoms with Crippen LogP contribution in [0.5, 0.6) is 5.88 Å². The van der Waals surface area contributed by atoms with Crippen molar-refractivity contribution in [1.29, 1.82) is 0 Å². The Balaban J connectivity index is 1.65. The first-order chi connectivity index (χ1) is 15.7. The first-order valence-corrected chi connectivity index (χ1v) is 10.7. The van der Waals surface area contributed by atoms with Crippen molar-refractivity contribution in [2.24, 2.45) is 0 Å². The smallest absolute Gasteiger partial charge is 0.413 e. The minimum atomic E-state index is -1.09. The van der Waals surface area contributed by atoms with Crippen LogP contribution in [0.2, 0.25) is 0 Å². The highest BCUT2D eigenvalue weighted by atomic mass is 19.1. The average Bonchev–Trinajstić information content (AvgIpc) is 2.76. The number of nitrogens with two attached hydrogens (primary N) is 1. The number of pyridine rings is 2. The molecule has 1 fully saturated rings. The largest absolute Gasteiger partial charge is 0.474 e. The molecule has 2 aromatic heterocycles. The van der Waals surface area contributed by atoms with Crippen LogP contribution < -0.4 is 20.7 Å². The molecule has 0 atom stereocenters. The number of carboxylic acid groups (broad SMARTS) is 1. The molecule has 1 amide bonds. The molecule has 0 unspecified atom stereocenters. The number of fused-ring (bicyclic) bond motifs is 2. The first-order valence-electron chi connectivity index (χ1n) is 10.7. The molecule has 10 heteroatoms. The molecule has 0 spiro atoms. The van der Waals surface area contributed by atoms with E-state index in [9.17, 15) is 9.90 Å². The Morgan fingerprint density at radius 2 is 2.06 bits per heavy atom. The molecule has 0 saturated carbocycles. The van der Waals surface area contributed by atoms with Crippen LogP contribution in [0.1, 0.15) is 12.5 Å². The van der Waals surface area contributed by atoms with Gasteiger partial charge in [-0.1, -0.05) is 0 Å². The van der Waals surface area contributed by atoms with Gasteiger partial charge in [0.1, 0.15) is 18.1 Å². The maximum Gasteiger partial charge on any atom is 0.413 e. The number of halogens is 1. The molecule has 3 aromatic rings. The van der Waals surface area contributed by atoms with Crippen LogP contribution in [0.3, 0.4) is 0 Å². The molecule has 4 N–H and O–H groups in total. The molecule has 9 nitrogen and oxygen atoms in total. The number of nitrogens with one attached hydrogen (secondary N) is 1. The summed E-state index contributed by atoms with van der Waals surface area (Å²) in [4.78, 5) is 24.1. The second-order valence-electron chi connectivity index (χ2n) is 8.95. The number of hydrogen-bond acceptors (Lipinski definition) is 7. The number of hydrogen-bond donors (Lipinski definition) is 3. The van der Waals surface area contributed by atoms with E-state index in [4.69, 9.17) is 10.5 Å². The standard InChI is InChI=1S/C23H25FN6O3/c1-12-15(8-28-21-20(12)26-4-5-33-21)14-6-13-7-17(27-9-16(13)19(25)18(14)24)30(22(31)32)23(2)10-29(3)11-23/h6-9,26H,4-5,10-11,25H2,1-3H3,(H,31,32). The van der Waals surface area contributed by atoms with Crippen molar-refractivity contribution in [3.63, 3.8) is 0 Å². The highest BCUT2D eigenvalue weighted by molar-refractivity contribution is 6.00. The Labute approximate surface area is 190 Å². The molecule has 0 bridgehead atoms. The van der Waals surface area contributed by atoms with Crippen LogP contribution >= 0.6 is 0 Å². The van der Waals surface area contributed by atoms with E-state index in [0.717, 1.165) is 11.3 Å². The summed E-state index contributed by atoms with van der Waals surface area (Å²) in [5, 5.41) is 14.2. The maximum absolute atomic E-state index is 15.4. The van der Waals surface area contributed by atoms with Gasteiger partial charge in [-0.3, -0.25) is 4.90 Å². The summed E-state index contributed by atoms with van der Waals surface area (Å²) in [6.45, 7) is 6.08. The first kappa shape index (κ1) is 21.2. The summed E-state index contributed by atoms with van der Waals surface area (Å²) in [6, 6.07) is 3.32. The number of carbonyl (C=O) groups is 1. The monoisotopic (exact) mass is 452 g/mol. The fraction of sp³-hybridized carbons (Fsp3) is 0.348. The van der Waals surface area contributed by atoms with Crippen molar-refractivity contribution in [3.05, 3.63) is 35.9 Å². The van der Waals surface area contributed by atoms with Crippen molar-refractivity contribution in [2.75, 3.05) is 49.2 Å². The molecule has 33 heavy (non-hydrogen) atoms. The molecule has 0 radical (unpaired) electrons. The van der Waals surface area contributed by atoms with Crippen LogP contribution in [-0.4, -0.2) is 64.9 Å². The number of amides is 1. The number of ether oxygens (including phenoxy) is 1. The molecule has 1 aromatic carbocycles. The lowest BCUT2D eigenvalue weighted by Gasteiger charge is -2.51. The van der Waals surface area contributed by atoms with Gasteiger partial charge in [-0.2, -0.15) is 0 Å². The van der Waals surface area contributed by atoms with E-state index < -0.39 is 17.4 Å². The summed E-state index contributed by atoms with van der Waals surface area (Å²) in [7, 11) is 1.93. The van der Waals surface area contributed by atoms with Crippen molar-refractivity contribution >= 4 is 34.1 Å². The summed E-state index contributed by atoms with van der Waals surface area (Å²) in [5.41, 5.74) is 7.91. The van der Waals surface area contributed by atoms with Gasteiger partial charge in [0, 0.05) is 48.5 Å². The van der Waals surface area contributed by atoms with Gasteiger partial charge < -0.3 is 25.8 Å². The third-order valence-electron chi connectivity index (χ3n) is 6.40. The lowest BCUT2D eigenvalue weighted by molar-refractivity contribution is 0.100. The van der Waals surface area contributed by atoms with Gasteiger partial charge in [-0.05, 0) is 44.0 Å². The Kier molecular flexibility index (Phi) is 4.78. The van der Waals surface area contributed by atoms with Crippen molar-refractivity contribution in [2.45, 2.75) is 19.4 Å². The number of nitrogen functional groups attached to an aromatic ring is 1. The van der Waals surface area contributed by atoms with Gasteiger partial charge in [0.25, 0.3) is 0 Å². The molecule has 2 aliphatic rings. The highest BCUT2D eigenvalue weighted by Gasteiger charge is 2.45. The van der Waals surface area contributed by atoms with Gasteiger partial charge >= 0.3 is 6.09 Å². The van der Waals surface area contributed by atoms with Crippen molar-refractivity contribution < 1.29 is 19.0 Å². The Hall–Kier alpha value is -3.66. The summed E-state index contributed by atoms with van der Waals surface area (Å²) >= 11 is 0. The Bertz CT molecular complexity index is 1290. The fourth-order valence-corrected chi connectivity index (χ4v) is 4.96. The van der Waals surface area contributed by atoms with Crippen LogP contribution in [0, 0.1) is 12.7 Å². The predicted molar refractivity (Wildman–Crippen MR) is 124 cm³/mol. The molecule has 4 heterocycles. The molecule has 1 saturated heterocycles. The summed E-state index contributed by atoms with van der Waals surface area (Å²) in [6.07, 6.45) is 1.91. The third kappa shape index (κ3) is 3.29. The van der Waals surface area contributed by atoms with E-state index in [-0.39, 0.29) is 17.1 Å². The molecule has 5 rings (SSSR count). The summed E-state index contributed by atoms with van der Waals surface area (Å²) < 4.78 is 20.9. The van der Waals surface area contributed by atoms with Crippen LogP contribution in [-0.2, 0) is 0 Å². The van der Waals surface area contributed by atoms with E-state index in [0.29, 0.717) is 48.5 Å². The molecule has 172 valence electrons. The number of anilines is 3. The van der Waals surface area contributed by atoms with Crippen molar-refractivity contribution in [1.82, 2.24) is 14.9 Å². The average molecular weight is 452 g/mol. The van der Waals surface area contributed by atoms with Crippen LogP contribution in [0.15, 0.2) is 24.5 Å². The maximum atomic E-state index is 15.4. The van der Waals surface area contributed by atoms with E-state index in [1.54, 1.807) is 18.3 Å². The fourth-order valence-electron chi connectivity index (χ4n) is 4.96. The van der Waals surface area contributed by atoms with E-state index in [1.165, 1.54) is 11.1 Å². The lowest BCUT2D eigenvalue weighted by atomic mass is 9.90. The minimum Gasteiger partial charge on any atom is -0.474 e. The number of likely N-dealkylation sites (tertiary alicyclic amines) is 1. The molecular formula is C23H25FN6O3. The van der Waals surface area contributed by atoms with E-state index in [2.05, 4.69) is 15.3 Å². The van der Waals surface area contributed by atoms with Crippen molar-refractivity contribution in [3.8, 4) is 17.0 Å². The quantitative estimate of drug-likeness (QED) is 0.518. The third-order valence-corrected chi connectivity index (χ3v) is 6.40.